The lowest BCUT2D eigenvalue weighted by Gasteiger charge is -2.17. The van der Waals surface area contributed by atoms with Crippen LogP contribution in [0.5, 0.6) is 0 Å². The molecule has 0 spiro atoms. The third-order valence-electron chi connectivity index (χ3n) is 4.52. The van der Waals surface area contributed by atoms with Gasteiger partial charge in [-0.15, -0.1) is 0 Å². The molecular weight excluding hydrogens is 326 g/mol. The van der Waals surface area contributed by atoms with Gasteiger partial charge in [-0.1, -0.05) is 54.9 Å². The van der Waals surface area contributed by atoms with Crippen LogP contribution in [0, 0.1) is 11.8 Å². The molecule has 1 aliphatic rings. The molecule has 1 heterocycles. The lowest BCUT2D eigenvalue weighted by atomic mass is 9.99. The van der Waals surface area contributed by atoms with E-state index < -0.39 is 11.9 Å². The number of hydrogen-bond acceptors (Lipinski definition) is 2. The fourth-order valence-electron chi connectivity index (χ4n) is 3.12. The molecule has 0 aliphatic carbocycles. The molecule has 2 atom stereocenters. The first-order valence-corrected chi connectivity index (χ1v) is 8.22. The second-order valence-electron chi connectivity index (χ2n) is 6.19. The van der Waals surface area contributed by atoms with Gasteiger partial charge in [0.15, 0.2) is 0 Å². The Morgan fingerprint density at radius 2 is 1.79 bits per heavy atom. The van der Waals surface area contributed by atoms with Gasteiger partial charge in [0.1, 0.15) is 0 Å². The maximum atomic E-state index is 12.8. The van der Waals surface area contributed by atoms with Gasteiger partial charge < -0.3 is 10.0 Å². The molecule has 24 heavy (non-hydrogen) atoms. The SMILES string of the molecule is C[C@@H]1CN(C(=O)c2cc(-c3ccccc3)ccc2Cl)C[C@H]1C(=O)O. The molecule has 1 amide bonds. The molecule has 1 N–H and O–H groups in total. The van der Waals surface area contributed by atoms with E-state index in [2.05, 4.69) is 0 Å². The normalized spacial score (nSPS) is 20.2. The molecule has 0 bridgehead atoms. The van der Waals surface area contributed by atoms with Crippen LogP contribution in [-0.2, 0) is 4.79 Å². The summed E-state index contributed by atoms with van der Waals surface area (Å²) in [4.78, 5) is 25.7. The van der Waals surface area contributed by atoms with Crippen molar-refractivity contribution in [3.63, 3.8) is 0 Å². The van der Waals surface area contributed by atoms with E-state index >= 15 is 0 Å². The molecule has 1 fully saturated rings. The Labute approximate surface area is 145 Å². The van der Waals surface area contributed by atoms with Crippen LogP contribution in [0.3, 0.4) is 0 Å². The van der Waals surface area contributed by atoms with Gasteiger partial charge in [-0.2, -0.15) is 0 Å². The smallest absolute Gasteiger partial charge is 0.308 e. The van der Waals surface area contributed by atoms with Crippen molar-refractivity contribution in [2.75, 3.05) is 13.1 Å². The van der Waals surface area contributed by atoms with Crippen molar-refractivity contribution in [3.05, 3.63) is 59.1 Å². The molecule has 5 heteroatoms. The van der Waals surface area contributed by atoms with Crippen molar-refractivity contribution in [1.29, 1.82) is 0 Å². The van der Waals surface area contributed by atoms with E-state index in [0.717, 1.165) is 11.1 Å². The van der Waals surface area contributed by atoms with E-state index in [9.17, 15) is 14.7 Å². The molecule has 0 radical (unpaired) electrons. The molecule has 0 unspecified atom stereocenters. The Morgan fingerprint density at radius 1 is 1.08 bits per heavy atom. The van der Waals surface area contributed by atoms with Gasteiger partial charge in [0.25, 0.3) is 5.91 Å². The summed E-state index contributed by atoms with van der Waals surface area (Å²) in [7, 11) is 0. The van der Waals surface area contributed by atoms with Crippen LogP contribution in [0.1, 0.15) is 17.3 Å². The van der Waals surface area contributed by atoms with E-state index in [1.54, 1.807) is 17.0 Å². The van der Waals surface area contributed by atoms with Crippen molar-refractivity contribution >= 4 is 23.5 Å². The molecule has 2 aromatic rings. The van der Waals surface area contributed by atoms with Gasteiger partial charge in [0, 0.05) is 13.1 Å². The second kappa shape index (κ2) is 6.65. The Balaban J connectivity index is 1.89. The summed E-state index contributed by atoms with van der Waals surface area (Å²) in [5.41, 5.74) is 2.32. The van der Waals surface area contributed by atoms with Crippen LogP contribution in [0.15, 0.2) is 48.5 Å². The first-order valence-electron chi connectivity index (χ1n) is 7.84. The summed E-state index contributed by atoms with van der Waals surface area (Å²) in [6, 6.07) is 15.1. The third kappa shape index (κ3) is 3.15. The fourth-order valence-corrected chi connectivity index (χ4v) is 3.32. The minimum atomic E-state index is -0.859. The first kappa shape index (κ1) is 16.5. The summed E-state index contributed by atoms with van der Waals surface area (Å²) in [6.45, 7) is 2.51. The van der Waals surface area contributed by atoms with E-state index in [1.807, 2.05) is 43.3 Å². The fraction of sp³-hybridized carbons (Fsp3) is 0.263. The van der Waals surface area contributed by atoms with Crippen LogP contribution in [0.25, 0.3) is 11.1 Å². The van der Waals surface area contributed by atoms with E-state index in [0.29, 0.717) is 17.1 Å². The van der Waals surface area contributed by atoms with Gasteiger partial charge in [0.2, 0.25) is 0 Å². The quantitative estimate of drug-likeness (QED) is 0.922. The number of hydrogen-bond donors (Lipinski definition) is 1. The van der Waals surface area contributed by atoms with Crippen LogP contribution in [-0.4, -0.2) is 35.0 Å². The van der Waals surface area contributed by atoms with Gasteiger partial charge >= 0.3 is 5.97 Å². The minimum absolute atomic E-state index is 0.0671. The number of carboxylic acid groups (broad SMARTS) is 1. The molecule has 2 aromatic carbocycles. The topological polar surface area (TPSA) is 57.6 Å². The highest BCUT2D eigenvalue weighted by atomic mass is 35.5. The van der Waals surface area contributed by atoms with Gasteiger partial charge in [0.05, 0.1) is 16.5 Å². The summed E-state index contributed by atoms with van der Waals surface area (Å²) in [5, 5.41) is 9.62. The number of halogens is 1. The zero-order chi connectivity index (χ0) is 17.3. The first-order chi connectivity index (χ1) is 11.5. The molecule has 1 aliphatic heterocycles. The summed E-state index contributed by atoms with van der Waals surface area (Å²) < 4.78 is 0. The van der Waals surface area contributed by atoms with Gasteiger partial charge in [-0.05, 0) is 29.2 Å². The van der Waals surface area contributed by atoms with Crippen molar-refractivity contribution < 1.29 is 14.7 Å². The number of benzene rings is 2. The Hall–Kier alpha value is -2.33. The number of aliphatic carboxylic acids is 1. The van der Waals surface area contributed by atoms with E-state index in [4.69, 9.17) is 11.6 Å². The third-order valence-corrected chi connectivity index (χ3v) is 4.85. The van der Waals surface area contributed by atoms with Crippen molar-refractivity contribution in [1.82, 2.24) is 4.90 Å². The van der Waals surface area contributed by atoms with Crippen LogP contribution in [0.4, 0.5) is 0 Å². The minimum Gasteiger partial charge on any atom is -0.481 e. The predicted molar refractivity (Wildman–Crippen MR) is 93.1 cm³/mol. The molecule has 124 valence electrons. The Morgan fingerprint density at radius 3 is 2.42 bits per heavy atom. The largest absolute Gasteiger partial charge is 0.481 e. The molecule has 0 saturated carbocycles. The van der Waals surface area contributed by atoms with Crippen molar-refractivity contribution in [2.45, 2.75) is 6.92 Å². The van der Waals surface area contributed by atoms with Crippen molar-refractivity contribution in [3.8, 4) is 11.1 Å². The lowest BCUT2D eigenvalue weighted by Crippen LogP contribution is -2.30. The average Bonchev–Trinajstić information content (AvgIpc) is 2.97. The molecule has 0 aromatic heterocycles. The highest BCUT2D eigenvalue weighted by Gasteiger charge is 2.37. The highest BCUT2D eigenvalue weighted by molar-refractivity contribution is 6.34. The second-order valence-corrected chi connectivity index (χ2v) is 6.60. The van der Waals surface area contributed by atoms with Crippen LogP contribution >= 0.6 is 11.6 Å². The Bertz CT molecular complexity index is 775. The molecular formula is C19H18ClNO3. The average molecular weight is 344 g/mol. The Kier molecular flexibility index (Phi) is 4.58. The van der Waals surface area contributed by atoms with Gasteiger partial charge in [-0.3, -0.25) is 9.59 Å². The number of nitrogens with zero attached hydrogens (tertiary/aromatic N) is 1. The molecule has 1 saturated heterocycles. The highest BCUT2D eigenvalue weighted by Crippen LogP contribution is 2.29. The maximum absolute atomic E-state index is 12.8. The number of carbonyl (C=O) groups is 2. The number of carbonyl (C=O) groups excluding carboxylic acids is 1. The number of rotatable bonds is 3. The van der Waals surface area contributed by atoms with E-state index in [1.165, 1.54) is 0 Å². The molecule has 3 rings (SSSR count). The van der Waals surface area contributed by atoms with Crippen LogP contribution < -0.4 is 0 Å². The zero-order valence-corrected chi connectivity index (χ0v) is 14.0. The summed E-state index contributed by atoms with van der Waals surface area (Å²) >= 11 is 6.23. The summed E-state index contributed by atoms with van der Waals surface area (Å²) in [6.07, 6.45) is 0. The number of carboxylic acids is 1. The number of amides is 1. The zero-order valence-electron chi connectivity index (χ0n) is 13.3. The lowest BCUT2D eigenvalue weighted by molar-refractivity contribution is -0.142. The molecule has 4 nitrogen and oxygen atoms in total. The van der Waals surface area contributed by atoms with Crippen LogP contribution in [0.2, 0.25) is 5.02 Å². The summed E-state index contributed by atoms with van der Waals surface area (Å²) in [5.74, 6) is -1.66. The number of likely N-dealkylation sites (tertiary alicyclic amines) is 1. The monoisotopic (exact) mass is 343 g/mol. The van der Waals surface area contributed by atoms with E-state index in [-0.39, 0.29) is 18.4 Å². The van der Waals surface area contributed by atoms with Crippen molar-refractivity contribution in [2.24, 2.45) is 11.8 Å². The standard InChI is InChI=1S/C19H18ClNO3/c1-12-10-21(11-16(12)19(23)24)18(22)15-9-14(7-8-17(15)20)13-5-3-2-4-6-13/h2-9,12,16H,10-11H2,1H3,(H,23,24)/t12-,16-/m1/s1. The predicted octanol–water partition coefficient (Wildman–Crippen LogP) is 3.80. The maximum Gasteiger partial charge on any atom is 0.308 e. The van der Waals surface area contributed by atoms with Gasteiger partial charge in [-0.25, -0.2) is 0 Å².